The van der Waals surface area contributed by atoms with Crippen molar-refractivity contribution in [1.82, 2.24) is 9.97 Å². The first kappa shape index (κ1) is 19.0. The zero-order chi connectivity index (χ0) is 17.2. The molecule has 6 nitrogen and oxygen atoms in total. The number of carbonyl (C=O) groups is 1. The van der Waals surface area contributed by atoms with Crippen molar-refractivity contribution in [3.8, 4) is 11.5 Å². The first-order valence-corrected chi connectivity index (χ1v) is 7.36. The van der Waals surface area contributed by atoms with Crippen LogP contribution < -0.4 is 4.74 Å². The second-order valence-electron chi connectivity index (χ2n) is 4.24. The molecule has 0 aliphatic heterocycles. The molecule has 1 N–H and O–H groups in total. The normalized spacial score (nSPS) is 11.0. The summed E-state index contributed by atoms with van der Waals surface area (Å²) < 4.78 is 9.96. The van der Waals surface area contributed by atoms with E-state index in [9.17, 15) is 4.79 Å². The number of hydrogen-bond acceptors (Lipinski definition) is 6. The van der Waals surface area contributed by atoms with Crippen molar-refractivity contribution < 1.29 is 19.4 Å². The Labute approximate surface area is 144 Å². The summed E-state index contributed by atoms with van der Waals surface area (Å²) in [6.07, 6.45) is 5.69. The summed E-state index contributed by atoms with van der Waals surface area (Å²) in [6, 6.07) is 3.02. The lowest BCUT2D eigenvalue weighted by Gasteiger charge is -2.14. The first-order chi connectivity index (χ1) is 11.0. The van der Waals surface area contributed by atoms with Gasteiger partial charge in [-0.2, -0.15) is 0 Å². The predicted molar refractivity (Wildman–Crippen MR) is 86.9 cm³/mol. The second kappa shape index (κ2) is 9.86. The van der Waals surface area contributed by atoms with Gasteiger partial charge >= 0.3 is 5.97 Å². The highest BCUT2D eigenvalue weighted by molar-refractivity contribution is 6.30. The number of aromatic nitrogens is 2. The fourth-order valence-electron chi connectivity index (χ4n) is 1.45. The summed E-state index contributed by atoms with van der Waals surface area (Å²) >= 11 is 11.1. The van der Waals surface area contributed by atoms with E-state index in [1.54, 1.807) is 6.07 Å². The number of pyridine rings is 2. The molecule has 0 bridgehead atoms. The molecule has 0 spiro atoms. The van der Waals surface area contributed by atoms with E-state index in [0.29, 0.717) is 22.2 Å². The van der Waals surface area contributed by atoms with Crippen LogP contribution in [-0.2, 0) is 9.53 Å². The maximum absolute atomic E-state index is 11.2. The van der Waals surface area contributed by atoms with Crippen LogP contribution in [0.15, 0.2) is 36.9 Å². The SMILES string of the molecule is CCC(Oc1cncc(Cl)c1)C(=O)OC.Oc1cncc(Cl)c1. The average molecular weight is 359 g/mol. The van der Waals surface area contributed by atoms with E-state index in [1.807, 2.05) is 6.92 Å². The van der Waals surface area contributed by atoms with E-state index in [-0.39, 0.29) is 5.75 Å². The van der Waals surface area contributed by atoms with Gasteiger partial charge in [-0.15, -0.1) is 0 Å². The van der Waals surface area contributed by atoms with Gasteiger partial charge in [-0.1, -0.05) is 30.1 Å². The van der Waals surface area contributed by atoms with Gasteiger partial charge in [-0.3, -0.25) is 9.97 Å². The smallest absolute Gasteiger partial charge is 0.347 e. The molecule has 2 rings (SSSR count). The number of halogens is 2. The molecule has 0 saturated heterocycles. The molecule has 0 fully saturated rings. The molecular formula is C15H16Cl2N2O4. The van der Waals surface area contributed by atoms with Gasteiger partial charge in [0, 0.05) is 24.5 Å². The van der Waals surface area contributed by atoms with Crippen molar-refractivity contribution in [3.05, 3.63) is 47.0 Å². The molecule has 0 radical (unpaired) electrons. The molecule has 0 aromatic carbocycles. The third kappa shape index (κ3) is 7.17. The van der Waals surface area contributed by atoms with Crippen LogP contribution >= 0.6 is 23.2 Å². The van der Waals surface area contributed by atoms with Crippen LogP contribution in [0.25, 0.3) is 0 Å². The average Bonchev–Trinajstić information content (AvgIpc) is 2.52. The number of esters is 1. The van der Waals surface area contributed by atoms with E-state index in [4.69, 9.17) is 33.0 Å². The van der Waals surface area contributed by atoms with Gasteiger partial charge in [0.05, 0.1) is 29.5 Å². The molecular weight excluding hydrogens is 343 g/mol. The Morgan fingerprint density at radius 2 is 1.78 bits per heavy atom. The monoisotopic (exact) mass is 358 g/mol. The maximum atomic E-state index is 11.2. The highest BCUT2D eigenvalue weighted by Crippen LogP contribution is 2.17. The van der Waals surface area contributed by atoms with Crippen molar-refractivity contribution in [2.75, 3.05) is 7.11 Å². The molecule has 0 aliphatic rings. The first-order valence-electron chi connectivity index (χ1n) is 6.60. The number of methoxy groups -OCH3 is 1. The van der Waals surface area contributed by atoms with Crippen LogP contribution in [-0.4, -0.2) is 34.3 Å². The molecule has 0 saturated carbocycles. The Morgan fingerprint density at radius 1 is 1.17 bits per heavy atom. The van der Waals surface area contributed by atoms with E-state index >= 15 is 0 Å². The standard InChI is InChI=1S/C10H12ClNO3.C5H4ClNO/c1-3-9(10(13)14-2)15-8-4-7(11)5-12-6-8;6-4-1-5(8)3-7-2-4/h4-6,9H,3H2,1-2H3;1-3,8H. The van der Waals surface area contributed by atoms with Crippen LogP contribution in [0.1, 0.15) is 13.3 Å². The van der Waals surface area contributed by atoms with Crippen molar-refractivity contribution in [1.29, 1.82) is 0 Å². The van der Waals surface area contributed by atoms with E-state index in [2.05, 4.69) is 14.7 Å². The summed E-state index contributed by atoms with van der Waals surface area (Å²) in [5.74, 6) is 0.148. The van der Waals surface area contributed by atoms with Crippen LogP contribution in [0.3, 0.4) is 0 Å². The highest BCUT2D eigenvalue weighted by atomic mass is 35.5. The Hall–Kier alpha value is -2.05. The number of rotatable bonds is 4. The summed E-state index contributed by atoms with van der Waals surface area (Å²) in [5.41, 5.74) is 0. The van der Waals surface area contributed by atoms with Gasteiger partial charge in [-0.25, -0.2) is 4.79 Å². The van der Waals surface area contributed by atoms with Crippen molar-refractivity contribution in [2.45, 2.75) is 19.4 Å². The Morgan fingerprint density at radius 3 is 2.22 bits per heavy atom. The quantitative estimate of drug-likeness (QED) is 0.842. The summed E-state index contributed by atoms with van der Waals surface area (Å²) in [7, 11) is 1.32. The summed E-state index contributed by atoms with van der Waals surface area (Å²) in [6.45, 7) is 1.83. The number of carbonyl (C=O) groups excluding carboxylic acids is 1. The number of aromatic hydroxyl groups is 1. The predicted octanol–water partition coefficient (Wildman–Crippen LogP) is 3.51. The molecule has 2 aromatic rings. The summed E-state index contributed by atoms with van der Waals surface area (Å²) in [4.78, 5) is 18.7. The molecule has 23 heavy (non-hydrogen) atoms. The summed E-state index contributed by atoms with van der Waals surface area (Å²) in [5, 5.41) is 9.58. The second-order valence-corrected chi connectivity index (χ2v) is 5.11. The third-order valence-electron chi connectivity index (χ3n) is 2.48. The van der Waals surface area contributed by atoms with Crippen molar-refractivity contribution in [2.24, 2.45) is 0 Å². The van der Waals surface area contributed by atoms with Crippen LogP contribution in [0, 0.1) is 0 Å². The maximum Gasteiger partial charge on any atom is 0.347 e. The van der Waals surface area contributed by atoms with Crippen LogP contribution in [0.4, 0.5) is 0 Å². The Kier molecular flexibility index (Phi) is 8.15. The lowest BCUT2D eigenvalue weighted by Crippen LogP contribution is -2.27. The molecule has 1 atom stereocenters. The Balaban J connectivity index is 0.000000277. The highest BCUT2D eigenvalue weighted by Gasteiger charge is 2.18. The van der Waals surface area contributed by atoms with Crippen molar-refractivity contribution >= 4 is 29.2 Å². The minimum Gasteiger partial charge on any atom is -0.506 e. The Bertz CT molecular complexity index is 623. The molecule has 0 amide bonds. The van der Waals surface area contributed by atoms with Crippen molar-refractivity contribution in [3.63, 3.8) is 0 Å². The molecule has 2 heterocycles. The van der Waals surface area contributed by atoms with E-state index < -0.39 is 12.1 Å². The van der Waals surface area contributed by atoms with Gasteiger partial charge in [0.15, 0.2) is 6.10 Å². The third-order valence-corrected chi connectivity index (χ3v) is 2.90. The number of hydrogen-bond donors (Lipinski definition) is 1. The lowest BCUT2D eigenvalue weighted by atomic mass is 10.3. The fraction of sp³-hybridized carbons (Fsp3) is 0.267. The molecule has 8 heteroatoms. The zero-order valence-electron chi connectivity index (χ0n) is 12.6. The molecule has 0 aliphatic carbocycles. The fourth-order valence-corrected chi connectivity index (χ4v) is 1.78. The van der Waals surface area contributed by atoms with Gasteiger partial charge in [-0.05, 0) is 6.42 Å². The van der Waals surface area contributed by atoms with Gasteiger partial charge in [0.1, 0.15) is 11.5 Å². The number of nitrogens with zero attached hydrogens (tertiary/aromatic N) is 2. The topological polar surface area (TPSA) is 81.5 Å². The van der Waals surface area contributed by atoms with E-state index in [1.165, 1.54) is 38.0 Å². The zero-order valence-corrected chi connectivity index (χ0v) is 14.1. The number of ether oxygens (including phenoxy) is 2. The largest absolute Gasteiger partial charge is 0.506 e. The van der Waals surface area contributed by atoms with E-state index in [0.717, 1.165) is 0 Å². The van der Waals surface area contributed by atoms with Gasteiger partial charge in [0.2, 0.25) is 0 Å². The van der Waals surface area contributed by atoms with Crippen LogP contribution in [0.2, 0.25) is 10.0 Å². The van der Waals surface area contributed by atoms with Gasteiger partial charge in [0.25, 0.3) is 0 Å². The molecule has 124 valence electrons. The molecule has 2 aromatic heterocycles. The van der Waals surface area contributed by atoms with Crippen LogP contribution in [0.5, 0.6) is 11.5 Å². The molecule has 1 unspecified atom stereocenters. The minimum absolute atomic E-state index is 0.0949. The lowest BCUT2D eigenvalue weighted by molar-refractivity contribution is -0.148. The minimum atomic E-state index is -0.615. The van der Waals surface area contributed by atoms with Gasteiger partial charge < -0.3 is 14.6 Å².